The second kappa shape index (κ2) is 4.35. The Morgan fingerprint density at radius 3 is 2.20 bits per heavy atom. The van der Waals surface area contributed by atoms with Crippen LogP contribution in [-0.2, 0) is 14.6 Å². The highest BCUT2D eigenvalue weighted by Gasteiger charge is 2.28. The van der Waals surface area contributed by atoms with Gasteiger partial charge in [-0.05, 0) is 0 Å². The first-order chi connectivity index (χ1) is 6.96. The van der Waals surface area contributed by atoms with Gasteiger partial charge in [-0.3, -0.25) is 4.79 Å². The highest BCUT2D eigenvalue weighted by Crippen LogP contribution is 2.07. The summed E-state index contributed by atoms with van der Waals surface area (Å²) in [5, 5.41) is -1.60. The van der Waals surface area contributed by atoms with Crippen LogP contribution in [-0.4, -0.2) is 32.0 Å². The standard InChI is InChI=1S/C10H10O4S/c1-15(13,14)9(7-11)10(12)8-5-3-2-4-6-8/h2-7,9H,1H3. The molecule has 0 heterocycles. The zero-order chi connectivity index (χ0) is 11.5. The SMILES string of the molecule is CS(=O)(=O)C(C=O)C(=O)c1ccccc1. The van der Waals surface area contributed by atoms with Gasteiger partial charge in [-0.25, -0.2) is 8.42 Å². The van der Waals surface area contributed by atoms with E-state index in [-0.39, 0.29) is 11.8 Å². The first-order valence-corrected chi connectivity index (χ1v) is 6.15. The van der Waals surface area contributed by atoms with Crippen molar-refractivity contribution in [1.82, 2.24) is 0 Å². The van der Waals surface area contributed by atoms with E-state index in [9.17, 15) is 18.0 Å². The summed E-state index contributed by atoms with van der Waals surface area (Å²) in [4.78, 5) is 22.2. The number of Topliss-reactive ketones (excluding diaryl/α,β-unsaturated/α-hetero) is 1. The average molecular weight is 226 g/mol. The fourth-order valence-corrected chi connectivity index (χ4v) is 1.85. The lowest BCUT2D eigenvalue weighted by molar-refractivity contribution is -0.106. The minimum absolute atomic E-state index is 0.157. The van der Waals surface area contributed by atoms with Gasteiger partial charge in [-0.1, -0.05) is 30.3 Å². The van der Waals surface area contributed by atoms with Gasteiger partial charge in [0.25, 0.3) is 0 Å². The van der Waals surface area contributed by atoms with E-state index in [0.717, 1.165) is 6.26 Å². The van der Waals surface area contributed by atoms with Crippen molar-refractivity contribution in [3.05, 3.63) is 35.9 Å². The maximum atomic E-state index is 11.6. The molecule has 1 rings (SSSR count). The van der Waals surface area contributed by atoms with Gasteiger partial charge in [0, 0.05) is 11.8 Å². The summed E-state index contributed by atoms with van der Waals surface area (Å²) in [6, 6.07) is 7.87. The van der Waals surface area contributed by atoms with Gasteiger partial charge in [0.15, 0.2) is 20.9 Å². The predicted octanol–water partition coefficient (Wildman–Crippen LogP) is 0.481. The molecule has 0 bridgehead atoms. The molecule has 1 unspecified atom stereocenters. The maximum Gasteiger partial charge on any atom is 0.188 e. The van der Waals surface area contributed by atoms with Gasteiger partial charge >= 0.3 is 0 Å². The van der Waals surface area contributed by atoms with Crippen molar-refractivity contribution in [3.63, 3.8) is 0 Å². The Labute approximate surface area is 87.8 Å². The Kier molecular flexibility index (Phi) is 3.36. The maximum absolute atomic E-state index is 11.6. The Hall–Kier alpha value is -1.49. The van der Waals surface area contributed by atoms with Gasteiger partial charge in [0.1, 0.15) is 6.29 Å². The Balaban J connectivity index is 3.09. The summed E-state index contributed by atoms with van der Waals surface area (Å²) < 4.78 is 22.3. The molecule has 0 radical (unpaired) electrons. The van der Waals surface area contributed by atoms with Crippen LogP contribution < -0.4 is 0 Å². The van der Waals surface area contributed by atoms with Crippen LogP contribution in [0, 0.1) is 0 Å². The number of hydrogen-bond donors (Lipinski definition) is 0. The molecular weight excluding hydrogens is 216 g/mol. The first-order valence-electron chi connectivity index (χ1n) is 4.20. The zero-order valence-electron chi connectivity index (χ0n) is 8.08. The lowest BCUT2D eigenvalue weighted by Gasteiger charge is -2.06. The Morgan fingerprint density at radius 1 is 1.27 bits per heavy atom. The minimum Gasteiger partial charge on any atom is -0.301 e. The molecular formula is C10H10O4S. The van der Waals surface area contributed by atoms with Crippen LogP contribution in [0.15, 0.2) is 30.3 Å². The number of carbonyl (C=O) groups is 2. The van der Waals surface area contributed by atoms with Crippen LogP contribution in [0.4, 0.5) is 0 Å². The molecule has 15 heavy (non-hydrogen) atoms. The van der Waals surface area contributed by atoms with Gasteiger partial charge in [-0.2, -0.15) is 0 Å². The van der Waals surface area contributed by atoms with Crippen molar-refractivity contribution >= 4 is 21.9 Å². The normalized spacial score (nSPS) is 13.1. The molecule has 0 amide bonds. The van der Waals surface area contributed by atoms with Crippen LogP contribution in [0.3, 0.4) is 0 Å². The molecule has 5 heteroatoms. The lowest BCUT2D eigenvalue weighted by Crippen LogP contribution is -2.30. The van der Waals surface area contributed by atoms with E-state index < -0.39 is 20.9 Å². The Bertz CT molecular complexity index is 461. The van der Waals surface area contributed by atoms with Crippen molar-refractivity contribution in [3.8, 4) is 0 Å². The smallest absolute Gasteiger partial charge is 0.188 e. The van der Waals surface area contributed by atoms with Crippen molar-refractivity contribution < 1.29 is 18.0 Å². The van der Waals surface area contributed by atoms with Gasteiger partial charge in [-0.15, -0.1) is 0 Å². The third-order valence-electron chi connectivity index (χ3n) is 1.90. The number of benzene rings is 1. The molecule has 4 nitrogen and oxygen atoms in total. The summed E-state index contributed by atoms with van der Waals surface area (Å²) in [5.41, 5.74) is 0.222. The van der Waals surface area contributed by atoms with Gasteiger partial charge < -0.3 is 4.79 Å². The van der Waals surface area contributed by atoms with Crippen molar-refractivity contribution in [2.75, 3.05) is 6.26 Å². The first kappa shape index (κ1) is 11.6. The summed E-state index contributed by atoms with van der Waals surface area (Å²) in [6.45, 7) is 0. The fourth-order valence-electron chi connectivity index (χ4n) is 1.12. The van der Waals surface area contributed by atoms with Crippen LogP contribution >= 0.6 is 0 Å². The molecule has 0 aliphatic rings. The third kappa shape index (κ3) is 2.73. The molecule has 0 fully saturated rings. The summed E-state index contributed by atoms with van der Waals surface area (Å²) >= 11 is 0. The number of rotatable bonds is 4. The molecule has 80 valence electrons. The second-order valence-corrected chi connectivity index (χ2v) is 5.28. The topological polar surface area (TPSA) is 68.3 Å². The van der Waals surface area contributed by atoms with Crippen LogP contribution in [0.1, 0.15) is 10.4 Å². The number of aldehydes is 1. The highest BCUT2D eigenvalue weighted by atomic mass is 32.2. The number of carbonyl (C=O) groups excluding carboxylic acids is 2. The van der Waals surface area contributed by atoms with E-state index in [0.29, 0.717) is 0 Å². The Morgan fingerprint density at radius 2 is 1.80 bits per heavy atom. The molecule has 0 saturated carbocycles. The second-order valence-electron chi connectivity index (χ2n) is 3.12. The number of hydrogen-bond acceptors (Lipinski definition) is 4. The van der Waals surface area contributed by atoms with Gasteiger partial charge in [0.05, 0.1) is 0 Å². The lowest BCUT2D eigenvalue weighted by atomic mass is 10.1. The van der Waals surface area contributed by atoms with E-state index in [2.05, 4.69) is 0 Å². The van der Waals surface area contributed by atoms with Crippen LogP contribution in [0.5, 0.6) is 0 Å². The summed E-state index contributed by atoms with van der Waals surface area (Å²) in [5.74, 6) is -0.687. The van der Waals surface area contributed by atoms with E-state index in [1.165, 1.54) is 12.1 Å². The van der Waals surface area contributed by atoms with Crippen molar-refractivity contribution in [2.24, 2.45) is 0 Å². The number of sulfone groups is 1. The average Bonchev–Trinajstić information content (AvgIpc) is 2.18. The molecule has 0 N–H and O–H groups in total. The summed E-state index contributed by atoms with van der Waals surface area (Å²) in [6.07, 6.45) is 1.03. The molecule has 0 aliphatic heterocycles. The monoisotopic (exact) mass is 226 g/mol. The van der Waals surface area contributed by atoms with E-state index >= 15 is 0 Å². The zero-order valence-corrected chi connectivity index (χ0v) is 8.90. The third-order valence-corrected chi connectivity index (χ3v) is 3.15. The molecule has 1 aromatic rings. The molecule has 0 aliphatic carbocycles. The largest absolute Gasteiger partial charge is 0.301 e. The minimum atomic E-state index is -3.68. The number of ketones is 1. The molecule has 1 aromatic carbocycles. The van der Waals surface area contributed by atoms with E-state index in [1.807, 2.05) is 0 Å². The van der Waals surface area contributed by atoms with Gasteiger partial charge in [0.2, 0.25) is 0 Å². The quantitative estimate of drug-likeness (QED) is 0.425. The van der Waals surface area contributed by atoms with E-state index in [4.69, 9.17) is 0 Å². The predicted molar refractivity (Wildman–Crippen MR) is 55.5 cm³/mol. The van der Waals surface area contributed by atoms with E-state index in [1.54, 1.807) is 18.2 Å². The van der Waals surface area contributed by atoms with Crippen LogP contribution in [0.25, 0.3) is 0 Å². The summed E-state index contributed by atoms with van der Waals surface area (Å²) in [7, 11) is -3.68. The van der Waals surface area contributed by atoms with Crippen LogP contribution in [0.2, 0.25) is 0 Å². The molecule has 0 spiro atoms. The molecule has 0 saturated heterocycles. The molecule has 1 atom stereocenters. The highest BCUT2D eigenvalue weighted by molar-refractivity contribution is 7.92. The fraction of sp³-hybridized carbons (Fsp3) is 0.200. The van der Waals surface area contributed by atoms with Crippen molar-refractivity contribution in [2.45, 2.75) is 5.25 Å². The van der Waals surface area contributed by atoms with Crippen molar-refractivity contribution in [1.29, 1.82) is 0 Å². The molecule has 0 aromatic heterocycles.